The summed E-state index contributed by atoms with van der Waals surface area (Å²) in [5, 5.41) is 18.6. The molecule has 2 aromatic rings. The van der Waals surface area contributed by atoms with Crippen LogP contribution in [0.2, 0.25) is 0 Å². The Morgan fingerprint density at radius 2 is 2.13 bits per heavy atom. The molecule has 0 aliphatic carbocycles. The van der Waals surface area contributed by atoms with E-state index in [0.29, 0.717) is 17.9 Å². The minimum Gasteiger partial charge on any atom is -0.481 e. The second-order valence-corrected chi connectivity index (χ2v) is 6.27. The number of aromatic nitrogens is 1. The normalized spacial score (nSPS) is 13.1. The fraction of sp³-hybridized carbons (Fsp3) is 0.294. The van der Waals surface area contributed by atoms with Crippen molar-refractivity contribution in [2.45, 2.75) is 22.6 Å². The lowest BCUT2D eigenvalue weighted by atomic mass is 10.1. The molecule has 6 heteroatoms. The molecule has 0 spiro atoms. The Kier molecular flexibility index (Phi) is 6.41. The van der Waals surface area contributed by atoms with Crippen molar-refractivity contribution in [3.8, 4) is 11.9 Å². The number of nitrogens with zero attached hydrogens (tertiary/aromatic N) is 2. The number of hydrogen-bond acceptors (Lipinski definition) is 6. The molecule has 1 heterocycles. The van der Waals surface area contributed by atoms with Crippen LogP contribution in [0.5, 0.6) is 5.88 Å². The number of rotatable bonds is 7. The van der Waals surface area contributed by atoms with E-state index in [1.165, 1.54) is 18.0 Å². The Morgan fingerprint density at radius 3 is 2.74 bits per heavy atom. The lowest BCUT2D eigenvalue weighted by molar-refractivity contribution is 0.259. The highest BCUT2D eigenvalue weighted by molar-refractivity contribution is 7.99. The van der Waals surface area contributed by atoms with Crippen LogP contribution in [0.4, 0.5) is 0 Å². The summed E-state index contributed by atoms with van der Waals surface area (Å²) in [6.07, 6.45) is 2.11. The minimum absolute atomic E-state index is 0.0255. The molecule has 1 aromatic carbocycles. The van der Waals surface area contributed by atoms with E-state index in [4.69, 9.17) is 10.5 Å². The minimum atomic E-state index is -0.318. The topological polar surface area (TPSA) is 92.2 Å². The molecule has 0 saturated heterocycles. The summed E-state index contributed by atoms with van der Waals surface area (Å²) < 4.78 is 5.15. The summed E-state index contributed by atoms with van der Waals surface area (Å²) >= 11 is 1.53. The Labute approximate surface area is 140 Å². The zero-order chi connectivity index (χ0) is 16.7. The highest BCUT2D eigenvalue weighted by atomic mass is 32.2. The maximum Gasteiger partial charge on any atom is 0.214 e. The quantitative estimate of drug-likeness (QED) is 0.758. The van der Waals surface area contributed by atoms with Gasteiger partial charge in [0.1, 0.15) is 6.07 Å². The van der Waals surface area contributed by atoms with Crippen LogP contribution < -0.4 is 10.5 Å². The monoisotopic (exact) mass is 329 g/mol. The summed E-state index contributed by atoms with van der Waals surface area (Å²) in [5.74, 6) is 0.463. The van der Waals surface area contributed by atoms with E-state index < -0.39 is 0 Å². The van der Waals surface area contributed by atoms with Gasteiger partial charge in [0.25, 0.3) is 0 Å². The zero-order valence-corrected chi connectivity index (χ0v) is 13.7. The standard InChI is InChI=1S/C17H19N3O2S/c1-22-17-8-16(13(9-18)10-20-17)23-15(7-14(19)11-21)12-5-3-2-4-6-12/h2-6,8,10,14-15,21H,7,11,19H2,1H3/t14?,15-/m0/s1. The van der Waals surface area contributed by atoms with Crippen molar-refractivity contribution >= 4 is 11.8 Å². The third-order valence-corrected chi connectivity index (χ3v) is 4.70. The van der Waals surface area contributed by atoms with Gasteiger partial charge in [0, 0.05) is 28.5 Å². The van der Waals surface area contributed by atoms with Gasteiger partial charge in [-0.1, -0.05) is 30.3 Å². The van der Waals surface area contributed by atoms with Gasteiger partial charge in [-0.25, -0.2) is 4.98 Å². The number of pyridine rings is 1. The second kappa shape index (κ2) is 8.53. The molecule has 23 heavy (non-hydrogen) atoms. The van der Waals surface area contributed by atoms with Crippen LogP contribution in [-0.2, 0) is 0 Å². The molecule has 0 bridgehead atoms. The van der Waals surface area contributed by atoms with Gasteiger partial charge >= 0.3 is 0 Å². The highest BCUT2D eigenvalue weighted by Crippen LogP contribution is 2.40. The molecule has 0 aliphatic rings. The fourth-order valence-corrected chi connectivity index (χ4v) is 3.47. The maximum atomic E-state index is 9.28. The van der Waals surface area contributed by atoms with Crippen molar-refractivity contribution in [2.24, 2.45) is 5.73 Å². The number of benzene rings is 1. The first-order chi connectivity index (χ1) is 11.2. The molecular formula is C17H19N3O2S. The van der Waals surface area contributed by atoms with E-state index in [9.17, 15) is 10.4 Å². The van der Waals surface area contributed by atoms with Crippen LogP contribution in [0.3, 0.4) is 0 Å². The molecule has 0 radical (unpaired) electrons. The molecule has 0 amide bonds. The van der Waals surface area contributed by atoms with Crippen LogP contribution in [0, 0.1) is 11.3 Å². The summed E-state index contributed by atoms with van der Waals surface area (Å²) in [6.45, 7) is -0.0747. The number of ether oxygens (including phenoxy) is 1. The van der Waals surface area contributed by atoms with Crippen molar-refractivity contribution in [3.05, 3.63) is 53.7 Å². The molecule has 2 atom stereocenters. The molecule has 0 fully saturated rings. The van der Waals surface area contributed by atoms with Crippen molar-refractivity contribution in [1.29, 1.82) is 5.26 Å². The van der Waals surface area contributed by atoms with Crippen molar-refractivity contribution < 1.29 is 9.84 Å². The van der Waals surface area contributed by atoms with Gasteiger partial charge < -0.3 is 15.6 Å². The molecule has 1 unspecified atom stereocenters. The summed E-state index contributed by atoms with van der Waals surface area (Å²) in [6, 6.07) is 13.5. The lowest BCUT2D eigenvalue weighted by Crippen LogP contribution is -2.26. The Morgan fingerprint density at radius 1 is 1.39 bits per heavy atom. The number of aliphatic hydroxyl groups excluding tert-OH is 1. The lowest BCUT2D eigenvalue weighted by Gasteiger charge is -2.20. The molecule has 5 nitrogen and oxygen atoms in total. The first kappa shape index (κ1) is 17.3. The summed E-state index contributed by atoms with van der Waals surface area (Å²) in [7, 11) is 1.54. The Balaban J connectivity index is 2.32. The average Bonchev–Trinajstić information content (AvgIpc) is 2.61. The molecule has 1 aromatic heterocycles. The van der Waals surface area contributed by atoms with Gasteiger partial charge in [0.05, 0.1) is 19.3 Å². The Bertz CT molecular complexity index is 673. The molecular weight excluding hydrogens is 310 g/mol. The number of thioether (sulfide) groups is 1. The maximum absolute atomic E-state index is 9.28. The van der Waals surface area contributed by atoms with Crippen molar-refractivity contribution in [3.63, 3.8) is 0 Å². The number of nitriles is 1. The van der Waals surface area contributed by atoms with Crippen LogP contribution in [-0.4, -0.2) is 29.8 Å². The van der Waals surface area contributed by atoms with Gasteiger partial charge in [0.2, 0.25) is 5.88 Å². The van der Waals surface area contributed by atoms with Crippen molar-refractivity contribution in [1.82, 2.24) is 4.98 Å². The summed E-state index contributed by atoms with van der Waals surface area (Å²) in [4.78, 5) is 4.85. The third-order valence-electron chi connectivity index (χ3n) is 3.36. The van der Waals surface area contributed by atoms with Crippen LogP contribution >= 0.6 is 11.8 Å². The van der Waals surface area contributed by atoms with Crippen molar-refractivity contribution in [2.75, 3.05) is 13.7 Å². The highest BCUT2D eigenvalue weighted by Gasteiger charge is 2.19. The van der Waals surface area contributed by atoms with Crippen LogP contribution in [0.1, 0.15) is 22.8 Å². The average molecular weight is 329 g/mol. The predicted octanol–water partition coefficient (Wildman–Crippen LogP) is 2.50. The molecule has 2 rings (SSSR count). The number of methoxy groups -OCH3 is 1. The number of hydrogen-bond donors (Lipinski definition) is 2. The largest absolute Gasteiger partial charge is 0.481 e. The third kappa shape index (κ3) is 4.70. The molecule has 0 saturated carbocycles. The van der Waals surface area contributed by atoms with Gasteiger partial charge in [-0.2, -0.15) is 5.26 Å². The van der Waals surface area contributed by atoms with Gasteiger partial charge in [-0.15, -0.1) is 11.8 Å². The van der Waals surface area contributed by atoms with Gasteiger partial charge in [-0.3, -0.25) is 0 Å². The molecule has 0 aliphatic heterocycles. The number of aliphatic hydroxyl groups is 1. The smallest absolute Gasteiger partial charge is 0.214 e. The van der Waals surface area contributed by atoms with E-state index in [1.54, 1.807) is 13.2 Å². The van der Waals surface area contributed by atoms with E-state index in [1.807, 2.05) is 30.3 Å². The molecule has 120 valence electrons. The van der Waals surface area contributed by atoms with E-state index in [0.717, 1.165) is 10.5 Å². The van der Waals surface area contributed by atoms with E-state index in [-0.39, 0.29) is 17.9 Å². The van der Waals surface area contributed by atoms with Crippen LogP contribution in [0.25, 0.3) is 0 Å². The first-order valence-corrected chi connectivity index (χ1v) is 8.08. The zero-order valence-electron chi connectivity index (χ0n) is 12.8. The number of nitrogens with two attached hydrogens (primary N) is 1. The fourth-order valence-electron chi connectivity index (χ4n) is 2.13. The van der Waals surface area contributed by atoms with E-state index in [2.05, 4.69) is 11.1 Å². The first-order valence-electron chi connectivity index (χ1n) is 7.20. The molecule has 3 N–H and O–H groups in total. The van der Waals surface area contributed by atoms with E-state index >= 15 is 0 Å². The van der Waals surface area contributed by atoms with Gasteiger partial charge in [-0.05, 0) is 12.0 Å². The van der Waals surface area contributed by atoms with Crippen LogP contribution in [0.15, 0.2) is 47.5 Å². The van der Waals surface area contributed by atoms with Gasteiger partial charge in [0.15, 0.2) is 0 Å². The SMILES string of the molecule is COc1cc(S[C@@H](CC(N)CO)c2ccccc2)c(C#N)cn1. The predicted molar refractivity (Wildman–Crippen MR) is 90.2 cm³/mol. The summed E-state index contributed by atoms with van der Waals surface area (Å²) in [5.41, 5.74) is 7.52. The second-order valence-electron chi connectivity index (χ2n) is 5.03. The Hall–Kier alpha value is -2.07.